The summed E-state index contributed by atoms with van der Waals surface area (Å²) in [6.45, 7) is 8.65. The van der Waals surface area contributed by atoms with Gasteiger partial charge in [-0.3, -0.25) is 14.7 Å². The van der Waals surface area contributed by atoms with E-state index in [1.165, 1.54) is 0 Å². The van der Waals surface area contributed by atoms with Crippen molar-refractivity contribution in [2.45, 2.75) is 40.3 Å². The fourth-order valence-electron chi connectivity index (χ4n) is 1.95. The number of hydrogen-bond acceptors (Lipinski definition) is 4. The summed E-state index contributed by atoms with van der Waals surface area (Å²) in [5.41, 5.74) is 1.05. The van der Waals surface area contributed by atoms with E-state index in [1.54, 1.807) is 6.20 Å². The first-order chi connectivity index (χ1) is 9.41. The average molecular weight is 278 g/mol. The minimum Gasteiger partial charge on any atom is -0.446 e. The SMILES string of the molecule is CC(C)C(=O)OC(C(C)C)N(C)CCc1ccccn1. The van der Waals surface area contributed by atoms with Crippen LogP contribution >= 0.6 is 0 Å². The standard InChI is InChI=1S/C16H26N2O2/c1-12(2)15(20-16(19)13(3)4)18(5)11-9-14-8-6-7-10-17-14/h6-8,10,12-13,15H,9,11H2,1-5H3. The Morgan fingerprint density at radius 1 is 1.30 bits per heavy atom. The first-order valence-corrected chi connectivity index (χ1v) is 7.22. The van der Waals surface area contributed by atoms with Gasteiger partial charge in [-0.2, -0.15) is 0 Å². The van der Waals surface area contributed by atoms with E-state index in [1.807, 2.05) is 39.1 Å². The van der Waals surface area contributed by atoms with Crippen LogP contribution in [0, 0.1) is 11.8 Å². The molecule has 0 spiro atoms. The molecule has 0 saturated heterocycles. The maximum atomic E-state index is 11.8. The first kappa shape index (κ1) is 16.6. The van der Waals surface area contributed by atoms with Gasteiger partial charge >= 0.3 is 5.97 Å². The summed E-state index contributed by atoms with van der Waals surface area (Å²) in [7, 11) is 1.99. The fraction of sp³-hybridized carbons (Fsp3) is 0.625. The highest BCUT2D eigenvalue weighted by Crippen LogP contribution is 2.14. The van der Waals surface area contributed by atoms with Crippen LogP contribution in [0.5, 0.6) is 0 Å². The Morgan fingerprint density at radius 3 is 2.50 bits per heavy atom. The number of nitrogens with zero attached hydrogens (tertiary/aromatic N) is 2. The molecule has 112 valence electrons. The Labute approximate surface area is 122 Å². The second-order valence-electron chi connectivity index (χ2n) is 5.78. The Balaban J connectivity index is 2.56. The fourth-order valence-corrected chi connectivity index (χ4v) is 1.95. The first-order valence-electron chi connectivity index (χ1n) is 7.22. The number of ether oxygens (including phenoxy) is 1. The van der Waals surface area contributed by atoms with Crippen LogP contribution in [0.25, 0.3) is 0 Å². The molecule has 1 aromatic heterocycles. The van der Waals surface area contributed by atoms with Gasteiger partial charge in [0.05, 0.1) is 5.92 Å². The zero-order valence-corrected chi connectivity index (χ0v) is 13.2. The highest BCUT2D eigenvalue weighted by Gasteiger charge is 2.24. The van der Waals surface area contributed by atoms with Gasteiger partial charge in [0.2, 0.25) is 0 Å². The number of hydrogen-bond donors (Lipinski definition) is 0. The molecule has 0 aliphatic carbocycles. The molecule has 4 nitrogen and oxygen atoms in total. The Bertz CT molecular complexity index is 404. The second-order valence-corrected chi connectivity index (χ2v) is 5.78. The van der Waals surface area contributed by atoms with Gasteiger partial charge in [-0.1, -0.05) is 33.8 Å². The van der Waals surface area contributed by atoms with E-state index < -0.39 is 0 Å². The predicted octanol–water partition coefficient (Wildman–Crippen LogP) is 2.74. The molecule has 1 aromatic rings. The molecule has 4 heteroatoms. The smallest absolute Gasteiger partial charge is 0.309 e. The van der Waals surface area contributed by atoms with Gasteiger partial charge in [-0.15, -0.1) is 0 Å². The van der Waals surface area contributed by atoms with E-state index in [9.17, 15) is 4.79 Å². The molecule has 0 aliphatic rings. The molecule has 1 rings (SSSR count). The maximum Gasteiger partial charge on any atom is 0.309 e. The van der Waals surface area contributed by atoms with Gasteiger partial charge < -0.3 is 4.74 Å². The van der Waals surface area contributed by atoms with E-state index in [0.717, 1.165) is 18.7 Å². The number of esters is 1. The third-order valence-corrected chi connectivity index (χ3v) is 3.16. The van der Waals surface area contributed by atoms with Crippen LogP contribution in [0.15, 0.2) is 24.4 Å². The molecule has 0 saturated carbocycles. The molecule has 0 fully saturated rings. The molecule has 0 radical (unpaired) electrons. The number of likely N-dealkylation sites (N-methyl/N-ethyl adjacent to an activating group) is 1. The van der Waals surface area contributed by atoms with E-state index >= 15 is 0 Å². The van der Waals surface area contributed by atoms with Crippen molar-refractivity contribution in [1.29, 1.82) is 0 Å². The van der Waals surface area contributed by atoms with Gasteiger partial charge in [0, 0.05) is 30.8 Å². The van der Waals surface area contributed by atoms with Crippen LogP contribution in [0.1, 0.15) is 33.4 Å². The number of rotatable bonds is 7. The third kappa shape index (κ3) is 5.29. The van der Waals surface area contributed by atoms with Gasteiger partial charge in [0.25, 0.3) is 0 Å². The van der Waals surface area contributed by atoms with Crippen molar-refractivity contribution in [3.63, 3.8) is 0 Å². The van der Waals surface area contributed by atoms with Crippen molar-refractivity contribution in [2.24, 2.45) is 11.8 Å². The molecule has 1 heterocycles. The molecule has 1 unspecified atom stereocenters. The predicted molar refractivity (Wildman–Crippen MR) is 80.1 cm³/mol. The summed E-state index contributed by atoms with van der Waals surface area (Å²) in [6.07, 6.45) is 2.46. The molecular weight excluding hydrogens is 252 g/mol. The van der Waals surface area contributed by atoms with E-state index in [-0.39, 0.29) is 24.0 Å². The van der Waals surface area contributed by atoms with Crippen molar-refractivity contribution < 1.29 is 9.53 Å². The summed E-state index contributed by atoms with van der Waals surface area (Å²) in [4.78, 5) is 18.2. The number of carbonyl (C=O) groups excluding carboxylic acids is 1. The van der Waals surface area contributed by atoms with Crippen LogP contribution in [-0.4, -0.2) is 35.7 Å². The lowest BCUT2D eigenvalue weighted by Gasteiger charge is -2.31. The summed E-state index contributed by atoms with van der Waals surface area (Å²) >= 11 is 0. The van der Waals surface area contributed by atoms with Crippen molar-refractivity contribution in [3.8, 4) is 0 Å². The van der Waals surface area contributed by atoms with Crippen LogP contribution in [0.2, 0.25) is 0 Å². The normalized spacial score (nSPS) is 13.0. The summed E-state index contributed by atoms with van der Waals surface area (Å²) < 4.78 is 5.59. The molecular formula is C16H26N2O2. The Morgan fingerprint density at radius 2 is 2.00 bits per heavy atom. The van der Waals surface area contributed by atoms with Crippen LogP contribution in [0.3, 0.4) is 0 Å². The lowest BCUT2D eigenvalue weighted by Crippen LogP contribution is -2.41. The minimum absolute atomic E-state index is 0.0968. The molecule has 0 amide bonds. The number of carbonyl (C=O) groups is 1. The molecule has 0 bridgehead atoms. The average Bonchev–Trinajstić information content (AvgIpc) is 2.42. The van der Waals surface area contributed by atoms with E-state index in [0.29, 0.717) is 0 Å². The van der Waals surface area contributed by atoms with Crippen molar-refractivity contribution >= 4 is 5.97 Å². The van der Waals surface area contributed by atoms with Crippen molar-refractivity contribution in [1.82, 2.24) is 9.88 Å². The quantitative estimate of drug-likeness (QED) is 0.568. The molecule has 20 heavy (non-hydrogen) atoms. The lowest BCUT2D eigenvalue weighted by atomic mass is 10.1. The largest absolute Gasteiger partial charge is 0.446 e. The number of pyridine rings is 1. The highest BCUT2D eigenvalue weighted by molar-refractivity contribution is 5.71. The van der Waals surface area contributed by atoms with Gasteiger partial charge in [-0.05, 0) is 19.2 Å². The summed E-state index contributed by atoms with van der Waals surface area (Å²) in [5, 5.41) is 0. The Hall–Kier alpha value is -1.42. The topological polar surface area (TPSA) is 42.4 Å². The highest BCUT2D eigenvalue weighted by atomic mass is 16.6. The monoisotopic (exact) mass is 278 g/mol. The minimum atomic E-state index is -0.186. The zero-order valence-electron chi connectivity index (χ0n) is 13.2. The number of aromatic nitrogens is 1. The van der Waals surface area contributed by atoms with E-state index in [2.05, 4.69) is 23.7 Å². The maximum absolute atomic E-state index is 11.8. The summed E-state index contributed by atoms with van der Waals surface area (Å²) in [6, 6.07) is 5.91. The third-order valence-electron chi connectivity index (χ3n) is 3.16. The van der Waals surface area contributed by atoms with Crippen LogP contribution in [-0.2, 0) is 16.0 Å². The van der Waals surface area contributed by atoms with Crippen LogP contribution in [0.4, 0.5) is 0 Å². The van der Waals surface area contributed by atoms with Gasteiger partial charge in [-0.25, -0.2) is 0 Å². The lowest BCUT2D eigenvalue weighted by molar-refractivity contribution is -0.166. The second kappa shape index (κ2) is 8.00. The van der Waals surface area contributed by atoms with Gasteiger partial charge in [0.1, 0.15) is 0 Å². The van der Waals surface area contributed by atoms with Crippen molar-refractivity contribution in [2.75, 3.05) is 13.6 Å². The van der Waals surface area contributed by atoms with Gasteiger partial charge in [0.15, 0.2) is 6.23 Å². The zero-order chi connectivity index (χ0) is 15.1. The molecule has 0 aromatic carbocycles. The van der Waals surface area contributed by atoms with Crippen molar-refractivity contribution in [3.05, 3.63) is 30.1 Å². The summed E-state index contributed by atoms with van der Waals surface area (Å²) in [5.74, 6) is 0.0141. The Kier molecular flexibility index (Phi) is 6.65. The molecule has 0 N–H and O–H groups in total. The van der Waals surface area contributed by atoms with E-state index in [4.69, 9.17) is 4.74 Å². The molecule has 1 atom stereocenters. The molecule has 0 aliphatic heterocycles. The van der Waals surface area contributed by atoms with Crippen LogP contribution < -0.4 is 0 Å².